The van der Waals surface area contributed by atoms with Gasteiger partial charge in [-0.05, 0) is 30.7 Å². The van der Waals surface area contributed by atoms with Crippen molar-refractivity contribution in [2.75, 3.05) is 19.6 Å². The van der Waals surface area contributed by atoms with Crippen LogP contribution in [0.5, 0.6) is 0 Å². The number of likely N-dealkylation sites (tertiary alicyclic amines) is 1. The molecule has 2 rings (SSSR count). The van der Waals surface area contributed by atoms with Crippen molar-refractivity contribution in [3.8, 4) is 0 Å². The van der Waals surface area contributed by atoms with Crippen molar-refractivity contribution in [3.63, 3.8) is 0 Å². The normalized spacial score (nSPS) is 31.4. The average molecular weight is 224 g/mol. The molecule has 2 heterocycles. The molecule has 1 amide bonds. The van der Waals surface area contributed by atoms with Crippen LogP contribution in [0.25, 0.3) is 0 Å². The fourth-order valence-electron chi connectivity index (χ4n) is 2.71. The molecule has 2 saturated heterocycles. The van der Waals surface area contributed by atoms with Gasteiger partial charge in [-0.3, -0.25) is 4.79 Å². The summed E-state index contributed by atoms with van der Waals surface area (Å²) < 4.78 is 0. The maximum Gasteiger partial charge on any atom is 0.222 e. The topological polar surface area (TPSA) is 32.3 Å². The van der Waals surface area contributed by atoms with Crippen LogP contribution < -0.4 is 5.32 Å². The van der Waals surface area contributed by atoms with Crippen LogP contribution in [0.1, 0.15) is 40.0 Å². The van der Waals surface area contributed by atoms with E-state index in [1.165, 1.54) is 12.8 Å². The number of hydrogen-bond donors (Lipinski definition) is 1. The summed E-state index contributed by atoms with van der Waals surface area (Å²) in [4.78, 5) is 14.0. The Bertz CT molecular complexity index is 264. The summed E-state index contributed by atoms with van der Waals surface area (Å²) in [5.74, 6) is 0.884. The molecule has 0 spiro atoms. The number of carbonyl (C=O) groups is 1. The maximum atomic E-state index is 11.9. The Hall–Kier alpha value is -0.570. The van der Waals surface area contributed by atoms with Crippen molar-refractivity contribution in [1.29, 1.82) is 0 Å². The molecule has 0 aromatic rings. The summed E-state index contributed by atoms with van der Waals surface area (Å²) in [6, 6.07) is 0.544. The molecule has 0 aliphatic carbocycles. The number of hydrogen-bond acceptors (Lipinski definition) is 2. The molecule has 3 heteroatoms. The van der Waals surface area contributed by atoms with Crippen LogP contribution in [0.4, 0.5) is 0 Å². The molecule has 0 bridgehead atoms. The molecule has 0 radical (unpaired) electrons. The van der Waals surface area contributed by atoms with Crippen molar-refractivity contribution in [2.45, 2.75) is 46.1 Å². The average Bonchev–Trinajstić information content (AvgIpc) is 2.76. The Morgan fingerprint density at radius 2 is 2.19 bits per heavy atom. The van der Waals surface area contributed by atoms with E-state index < -0.39 is 0 Å². The molecule has 92 valence electrons. The van der Waals surface area contributed by atoms with Gasteiger partial charge in [0.15, 0.2) is 0 Å². The first kappa shape index (κ1) is 11.9. The quantitative estimate of drug-likeness (QED) is 0.773. The van der Waals surface area contributed by atoms with Gasteiger partial charge in [0, 0.05) is 25.6 Å². The van der Waals surface area contributed by atoms with Crippen LogP contribution >= 0.6 is 0 Å². The number of nitrogens with one attached hydrogen (secondary N) is 1. The molecule has 0 aromatic heterocycles. The lowest BCUT2D eigenvalue weighted by Crippen LogP contribution is -2.38. The number of carbonyl (C=O) groups excluding carboxylic acids is 1. The second-order valence-corrected chi connectivity index (χ2v) is 6.36. The Kier molecular flexibility index (Phi) is 3.24. The van der Waals surface area contributed by atoms with Crippen LogP contribution in [-0.2, 0) is 4.79 Å². The van der Waals surface area contributed by atoms with Crippen LogP contribution in [0.3, 0.4) is 0 Å². The lowest BCUT2D eigenvalue weighted by Gasteiger charge is -2.27. The molecule has 16 heavy (non-hydrogen) atoms. The summed E-state index contributed by atoms with van der Waals surface area (Å²) in [5, 5.41) is 3.46. The van der Waals surface area contributed by atoms with Crippen molar-refractivity contribution in [3.05, 3.63) is 0 Å². The maximum absolute atomic E-state index is 11.9. The van der Waals surface area contributed by atoms with Gasteiger partial charge in [0.2, 0.25) is 5.91 Å². The van der Waals surface area contributed by atoms with Crippen molar-refractivity contribution < 1.29 is 4.79 Å². The van der Waals surface area contributed by atoms with Gasteiger partial charge >= 0.3 is 0 Å². The third-order valence-corrected chi connectivity index (χ3v) is 4.04. The van der Waals surface area contributed by atoms with Gasteiger partial charge < -0.3 is 10.2 Å². The van der Waals surface area contributed by atoms with Crippen molar-refractivity contribution >= 4 is 5.91 Å². The Morgan fingerprint density at radius 3 is 2.69 bits per heavy atom. The first-order chi connectivity index (χ1) is 7.47. The summed E-state index contributed by atoms with van der Waals surface area (Å²) in [5.41, 5.74) is 0.257. The monoisotopic (exact) mass is 224 g/mol. The molecule has 3 nitrogen and oxygen atoms in total. The summed E-state index contributed by atoms with van der Waals surface area (Å²) >= 11 is 0. The van der Waals surface area contributed by atoms with E-state index in [1.807, 2.05) is 0 Å². The van der Waals surface area contributed by atoms with Gasteiger partial charge in [-0.15, -0.1) is 0 Å². The van der Waals surface area contributed by atoms with Crippen LogP contribution in [0.2, 0.25) is 0 Å². The Labute approximate surface area is 98.6 Å². The third kappa shape index (κ3) is 2.57. The van der Waals surface area contributed by atoms with Crippen LogP contribution in [0.15, 0.2) is 0 Å². The Morgan fingerprint density at radius 1 is 1.44 bits per heavy atom. The molecule has 1 unspecified atom stereocenters. The van der Waals surface area contributed by atoms with E-state index in [-0.39, 0.29) is 5.41 Å². The molecular formula is C13H24N2O. The second-order valence-electron chi connectivity index (χ2n) is 6.36. The minimum absolute atomic E-state index is 0.257. The molecule has 2 aliphatic rings. The van der Waals surface area contributed by atoms with Crippen LogP contribution in [-0.4, -0.2) is 36.5 Å². The van der Waals surface area contributed by atoms with Gasteiger partial charge in [0.25, 0.3) is 0 Å². The fourth-order valence-corrected chi connectivity index (χ4v) is 2.71. The lowest BCUT2D eigenvalue weighted by atomic mass is 9.80. The lowest BCUT2D eigenvalue weighted by molar-refractivity contribution is -0.128. The predicted molar refractivity (Wildman–Crippen MR) is 65.2 cm³/mol. The highest BCUT2D eigenvalue weighted by molar-refractivity contribution is 5.78. The van der Waals surface area contributed by atoms with E-state index >= 15 is 0 Å². The van der Waals surface area contributed by atoms with E-state index in [9.17, 15) is 4.79 Å². The predicted octanol–water partition coefficient (Wildman–Crippen LogP) is 1.63. The van der Waals surface area contributed by atoms with Gasteiger partial charge in [0.05, 0.1) is 0 Å². The van der Waals surface area contributed by atoms with Gasteiger partial charge in [-0.25, -0.2) is 0 Å². The molecular weight excluding hydrogens is 200 g/mol. The molecule has 1 N–H and O–H groups in total. The minimum Gasteiger partial charge on any atom is -0.341 e. The SMILES string of the molecule is CC(C)(C)C1CC(=O)N(C[C@@H]2CCCN2)C1. The zero-order valence-corrected chi connectivity index (χ0v) is 10.8. The largest absolute Gasteiger partial charge is 0.341 e. The molecule has 0 aromatic carbocycles. The smallest absolute Gasteiger partial charge is 0.222 e. The van der Waals surface area contributed by atoms with Crippen molar-refractivity contribution in [1.82, 2.24) is 10.2 Å². The highest BCUT2D eigenvalue weighted by Gasteiger charge is 2.37. The summed E-state index contributed by atoms with van der Waals surface area (Å²) in [6.07, 6.45) is 3.23. The zero-order chi connectivity index (χ0) is 11.8. The van der Waals surface area contributed by atoms with E-state index in [0.29, 0.717) is 17.9 Å². The van der Waals surface area contributed by atoms with E-state index in [0.717, 1.165) is 26.1 Å². The molecule has 2 aliphatic heterocycles. The van der Waals surface area contributed by atoms with E-state index in [1.54, 1.807) is 0 Å². The van der Waals surface area contributed by atoms with Gasteiger partial charge in [-0.2, -0.15) is 0 Å². The van der Waals surface area contributed by atoms with Crippen LogP contribution in [0, 0.1) is 11.3 Å². The fraction of sp³-hybridized carbons (Fsp3) is 0.923. The summed E-state index contributed by atoms with van der Waals surface area (Å²) in [7, 11) is 0. The molecule has 2 atom stereocenters. The number of nitrogens with zero attached hydrogens (tertiary/aromatic N) is 1. The van der Waals surface area contributed by atoms with Gasteiger partial charge in [-0.1, -0.05) is 20.8 Å². The molecule has 2 fully saturated rings. The van der Waals surface area contributed by atoms with E-state index in [4.69, 9.17) is 0 Å². The number of rotatable bonds is 2. The highest BCUT2D eigenvalue weighted by atomic mass is 16.2. The number of amides is 1. The standard InChI is InChI=1S/C13H24N2O/c1-13(2,3)10-7-12(16)15(8-10)9-11-5-4-6-14-11/h10-11,14H,4-9H2,1-3H3/t10?,11-/m0/s1. The minimum atomic E-state index is 0.257. The second kappa shape index (κ2) is 4.36. The zero-order valence-electron chi connectivity index (χ0n) is 10.8. The Balaban J connectivity index is 1.89. The first-order valence-corrected chi connectivity index (χ1v) is 6.48. The molecule has 0 saturated carbocycles. The highest BCUT2D eigenvalue weighted by Crippen LogP contribution is 2.34. The third-order valence-electron chi connectivity index (χ3n) is 4.04. The van der Waals surface area contributed by atoms with Crippen molar-refractivity contribution in [2.24, 2.45) is 11.3 Å². The summed E-state index contributed by atoms with van der Waals surface area (Å²) in [6.45, 7) is 9.72. The van der Waals surface area contributed by atoms with E-state index in [2.05, 4.69) is 31.0 Å². The van der Waals surface area contributed by atoms with Gasteiger partial charge in [0.1, 0.15) is 0 Å². The first-order valence-electron chi connectivity index (χ1n) is 6.48.